The third kappa shape index (κ3) is 4.07. The maximum Gasteiger partial charge on any atom is 0.234 e. The Morgan fingerprint density at radius 2 is 2.36 bits per heavy atom. The SMILES string of the molecule is CC(C)NC(=O)CN1CCC[C@@H](O)C1. The Balaban J connectivity index is 2.25. The van der Waals surface area contributed by atoms with E-state index in [1.54, 1.807) is 0 Å². The molecule has 0 spiro atoms. The first-order valence-corrected chi connectivity index (χ1v) is 5.27. The van der Waals surface area contributed by atoms with Crippen molar-refractivity contribution >= 4 is 5.91 Å². The third-order valence-corrected chi connectivity index (χ3v) is 2.30. The lowest BCUT2D eigenvalue weighted by Gasteiger charge is -2.29. The Bertz CT molecular complexity index is 195. The van der Waals surface area contributed by atoms with E-state index in [-0.39, 0.29) is 18.1 Å². The van der Waals surface area contributed by atoms with Gasteiger partial charge in [0.25, 0.3) is 0 Å². The molecule has 4 nitrogen and oxygen atoms in total. The van der Waals surface area contributed by atoms with Crippen molar-refractivity contribution in [1.82, 2.24) is 10.2 Å². The quantitative estimate of drug-likeness (QED) is 0.672. The van der Waals surface area contributed by atoms with Crippen molar-refractivity contribution < 1.29 is 9.90 Å². The van der Waals surface area contributed by atoms with Crippen LogP contribution >= 0.6 is 0 Å². The minimum absolute atomic E-state index is 0.0501. The second kappa shape index (κ2) is 5.32. The number of hydrogen-bond donors (Lipinski definition) is 2. The highest BCUT2D eigenvalue weighted by molar-refractivity contribution is 5.78. The molecule has 14 heavy (non-hydrogen) atoms. The zero-order valence-electron chi connectivity index (χ0n) is 8.99. The fourth-order valence-electron chi connectivity index (χ4n) is 1.75. The number of carbonyl (C=O) groups is 1. The molecule has 0 aromatic rings. The van der Waals surface area contributed by atoms with Crippen molar-refractivity contribution in [2.45, 2.75) is 38.8 Å². The Morgan fingerprint density at radius 3 is 2.93 bits per heavy atom. The summed E-state index contributed by atoms with van der Waals surface area (Å²) in [5.41, 5.74) is 0. The van der Waals surface area contributed by atoms with Crippen LogP contribution in [0.2, 0.25) is 0 Å². The van der Waals surface area contributed by atoms with Gasteiger partial charge in [0.15, 0.2) is 0 Å². The van der Waals surface area contributed by atoms with Crippen LogP contribution in [0.3, 0.4) is 0 Å². The van der Waals surface area contributed by atoms with Crippen molar-refractivity contribution in [2.24, 2.45) is 0 Å². The van der Waals surface area contributed by atoms with E-state index in [1.165, 1.54) is 0 Å². The van der Waals surface area contributed by atoms with Crippen LogP contribution in [0.1, 0.15) is 26.7 Å². The second-order valence-corrected chi connectivity index (χ2v) is 4.25. The second-order valence-electron chi connectivity index (χ2n) is 4.25. The molecule has 1 aliphatic heterocycles. The number of piperidine rings is 1. The average molecular weight is 200 g/mol. The van der Waals surface area contributed by atoms with Crippen LogP contribution in [-0.4, -0.2) is 47.7 Å². The van der Waals surface area contributed by atoms with Crippen molar-refractivity contribution in [2.75, 3.05) is 19.6 Å². The Hall–Kier alpha value is -0.610. The number of aliphatic hydroxyl groups excluding tert-OH is 1. The lowest BCUT2D eigenvalue weighted by molar-refractivity contribution is -0.123. The summed E-state index contributed by atoms with van der Waals surface area (Å²) < 4.78 is 0. The Kier molecular flexibility index (Phi) is 4.35. The summed E-state index contributed by atoms with van der Waals surface area (Å²) >= 11 is 0. The van der Waals surface area contributed by atoms with Gasteiger partial charge in [-0.25, -0.2) is 0 Å². The van der Waals surface area contributed by atoms with Gasteiger partial charge in [-0.3, -0.25) is 9.69 Å². The molecule has 82 valence electrons. The monoisotopic (exact) mass is 200 g/mol. The van der Waals surface area contributed by atoms with E-state index in [9.17, 15) is 9.90 Å². The molecular formula is C10H20N2O2. The van der Waals surface area contributed by atoms with Gasteiger partial charge in [0, 0.05) is 12.6 Å². The van der Waals surface area contributed by atoms with Crippen LogP contribution < -0.4 is 5.32 Å². The molecule has 4 heteroatoms. The summed E-state index contributed by atoms with van der Waals surface area (Å²) in [7, 11) is 0. The molecule has 1 amide bonds. The van der Waals surface area contributed by atoms with Crippen LogP contribution in [0.15, 0.2) is 0 Å². The van der Waals surface area contributed by atoms with Crippen molar-refractivity contribution in [1.29, 1.82) is 0 Å². The molecule has 1 atom stereocenters. The minimum atomic E-state index is -0.254. The van der Waals surface area contributed by atoms with Gasteiger partial charge in [-0.1, -0.05) is 0 Å². The number of likely N-dealkylation sites (tertiary alicyclic amines) is 1. The number of nitrogens with one attached hydrogen (secondary N) is 1. The zero-order valence-corrected chi connectivity index (χ0v) is 8.99. The summed E-state index contributed by atoms with van der Waals surface area (Å²) in [6.07, 6.45) is 1.59. The Labute approximate surface area is 85.3 Å². The van der Waals surface area contributed by atoms with Gasteiger partial charge in [-0.05, 0) is 33.2 Å². The molecule has 0 aliphatic carbocycles. The topological polar surface area (TPSA) is 52.6 Å². The van der Waals surface area contributed by atoms with E-state index in [2.05, 4.69) is 5.32 Å². The number of aliphatic hydroxyl groups is 1. The molecule has 0 unspecified atom stereocenters. The minimum Gasteiger partial charge on any atom is -0.392 e. The molecule has 1 saturated heterocycles. The first kappa shape index (κ1) is 11.5. The molecule has 0 bridgehead atoms. The van der Waals surface area contributed by atoms with E-state index in [0.717, 1.165) is 19.4 Å². The highest BCUT2D eigenvalue weighted by Crippen LogP contribution is 2.08. The molecule has 0 aromatic carbocycles. The van der Waals surface area contributed by atoms with E-state index in [0.29, 0.717) is 13.1 Å². The summed E-state index contributed by atoms with van der Waals surface area (Å²) in [6.45, 7) is 5.86. The molecule has 1 aliphatic rings. The number of rotatable bonds is 3. The molecule has 2 N–H and O–H groups in total. The van der Waals surface area contributed by atoms with Gasteiger partial charge < -0.3 is 10.4 Å². The smallest absolute Gasteiger partial charge is 0.234 e. The first-order valence-electron chi connectivity index (χ1n) is 5.27. The molecule has 0 aromatic heterocycles. The van der Waals surface area contributed by atoms with Gasteiger partial charge in [0.05, 0.1) is 12.6 Å². The lowest BCUT2D eigenvalue weighted by atomic mass is 10.1. The number of β-amino-alcohol motifs (C(OH)–C–C–N with tert-alkyl or cyclic N) is 1. The number of hydrogen-bond acceptors (Lipinski definition) is 3. The molecule has 1 fully saturated rings. The van der Waals surface area contributed by atoms with Crippen LogP contribution in [0.5, 0.6) is 0 Å². The molecule has 1 rings (SSSR count). The van der Waals surface area contributed by atoms with Crippen molar-refractivity contribution in [3.63, 3.8) is 0 Å². The average Bonchev–Trinajstić information content (AvgIpc) is 2.01. The third-order valence-electron chi connectivity index (χ3n) is 2.30. The summed E-state index contributed by atoms with van der Waals surface area (Å²) in [4.78, 5) is 13.4. The van der Waals surface area contributed by atoms with E-state index in [1.807, 2.05) is 18.7 Å². The first-order chi connectivity index (χ1) is 6.58. The number of nitrogens with zero attached hydrogens (tertiary/aromatic N) is 1. The highest BCUT2D eigenvalue weighted by Gasteiger charge is 2.19. The van der Waals surface area contributed by atoms with Gasteiger partial charge in [0.1, 0.15) is 0 Å². The van der Waals surface area contributed by atoms with Crippen LogP contribution in [-0.2, 0) is 4.79 Å². The van der Waals surface area contributed by atoms with Crippen LogP contribution in [0, 0.1) is 0 Å². The maximum atomic E-state index is 11.4. The van der Waals surface area contributed by atoms with Crippen molar-refractivity contribution in [3.05, 3.63) is 0 Å². The summed E-state index contributed by atoms with van der Waals surface area (Å²) in [5.74, 6) is 0.0501. The Morgan fingerprint density at radius 1 is 1.64 bits per heavy atom. The van der Waals surface area contributed by atoms with Gasteiger partial charge in [0.2, 0.25) is 5.91 Å². The fraction of sp³-hybridized carbons (Fsp3) is 0.900. The highest BCUT2D eigenvalue weighted by atomic mass is 16.3. The van der Waals surface area contributed by atoms with Gasteiger partial charge in [-0.15, -0.1) is 0 Å². The van der Waals surface area contributed by atoms with Gasteiger partial charge >= 0.3 is 0 Å². The predicted molar refractivity (Wildman–Crippen MR) is 55.0 cm³/mol. The summed E-state index contributed by atoms with van der Waals surface area (Å²) in [5, 5.41) is 12.2. The molecule has 0 radical (unpaired) electrons. The van der Waals surface area contributed by atoms with Crippen LogP contribution in [0.4, 0.5) is 0 Å². The standard InChI is InChI=1S/C10H20N2O2/c1-8(2)11-10(14)7-12-5-3-4-9(13)6-12/h8-9,13H,3-7H2,1-2H3,(H,11,14)/t9-/m1/s1. The summed E-state index contributed by atoms with van der Waals surface area (Å²) in [6, 6.07) is 0.192. The van der Waals surface area contributed by atoms with E-state index >= 15 is 0 Å². The molecular weight excluding hydrogens is 180 g/mol. The molecule has 0 saturated carbocycles. The van der Waals surface area contributed by atoms with Crippen molar-refractivity contribution in [3.8, 4) is 0 Å². The lowest BCUT2D eigenvalue weighted by Crippen LogP contribution is -2.45. The largest absolute Gasteiger partial charge is 0.392 e. The van der Waals surface area contributed by atoms with Crippen LogP contribution in [0.25, 0.3) is 0 Å². The van der Waals surface area contributed by atoms with E-state index < -0.39 is 0 Å². The van der Waals surface area contributed by atoms with E-state index in [4.69, 9.17) is 0 Å². The number of amides is 1. The molecule has 1 heterocycles. The maximum absolute atomic E-state index is 11.4. The number of carbonyl (C=O) groups excluding carboxylic acids is 1. The van der Waals surface area contributed by atoms with Gasteiger partial charge in [-0.2, -0.15) is 0 Å². The normalized spacial score (nSPS) is 23.9. The fourth-order valence-corrected chi connectivity index (χ4v) is 1.75. The zero-order chi connectivity index (χ0) is 10.6. The predicted octanol–water partition coefficient (Wildman–Crippen LogP) is -0.0323.